The van der Waals surface area contributed by atoms with Crippen LogP contribution in [0.25, 0.3) is 0 Å². The van der Waals surface area contributed by atoms with Crippen LogP contribution < -0.4 is 0 Å². The molecule has 17 heavy (non-hydrogen) atoms. The van der Waals surface area contributed by atoms with Crippen molar-refractivity contribution in [2.75, 3.05) is 6.54 Å². The minimum absolute atomic E-state index is 0.0744. The van der Waals surface area contributed by atoms with E-state index in [1.54, 1.807) is 18.3 Å². The third kappa shape index (κ3) is 2.60. The van der Waals surface area contributed by atoms with Gasteiger partial charge in [0.2, 0.25) is 0 Å². The topological polar surface area (TPSA) is 33.2 Å². The van der Waals surface area contributed by atoms with Crippen LogP contribution in [0.4, 0.5) is 0 Å². The summed E-state index contributed by atoms with van der Waals surface area (Å²) in [4.78, 5) is 18.2. The molecule has 4 heteroatoms. The monoisotopic (exact) mass is 252 g/mol. The van der Waals surface area contributed by atoms with Crippen molar-refractivity contribution in [3.8, 4) is 0 Å². The molecule has 2 heterocycles. The molecule has 1 unspecified atom stereocenters. The Morgan fingerprint density at radius 2 is 2.29 bits per heavy atom. The predicted octanol–water partition coefficient (Wildman–Crippen LogP) is 3.00. The highest BCUT2D eigenvalue weighted by Gasteiger charge is 2.31. The molecule has 0 saturated carbocycles. The van der Waals surface area contributed by atoms with Crippen molar-refractivity contribution in [3.63, 3.8) is 0 Å². The fourth-order valence-corrected chi connectivity index (χ4v) is 2.52. The molecule has 1 amide bonds. The number of carbonyl (C=O) groups excluding carboxylic acids is 1. The van der Waals surface area contributed by atoms with E-state index in [-0.39, 0.29) is 5.91 Å². The normalized spacial score (nSPS) is 20.0. The number of carbonyl (C=O) groups is 1. The lowest BCUT2D eigenvalue weighted by atomic mass is 10.0. The standard InChI is InChI=1S/C13H17ClN2O/c1-9(2)11-4-3-7-16(11)13(17)10-5-6-12(14)15-8-10/h5-6,8-9,11H,3-4,7H2,1-2H3. The van der Waals surface area contributed by atoms with E-state index in [9.17, 15) is 4.79 Å². The van der Waals surface area contributed by atoms with Crippen LogP contribution in [0, 0.1) is 5.92 Å². The number of nitrogens with zero attached hydrogens (tertiary/aromatic N) is 2. The Labute approximate surface area is 107 Å². The second-order valence-electron chi connectivity index (χ2n) is 4.82. The lowest BCUT2D eigenvalue weighted by Crippen LogP contribution is -2.38. The van der Waals surface area contributed by atoms with Crippen molar-refractivity contribution in [2.45, 2.75) is 32.7 Å². The molecule has 1 aromatic rings. The largest absolute Gasteiger partial charge is 0.335 e. The smallest absolute Gasteiger partial charge is 0.255 e. The van der Waals surface area contributed by atoms with Crippen LogP contribution in [-0.2, 0) is 0 Å². The molecule has 3 nitrogen and oxygen atoms in total. The summed E-state index contributed by atoms with van der Waals surface area (Å²) in [5.41, 5.74) is 0.627. The summed E-state index contributed by atoms with van der Waals surface area (Å²) >= 11 is 5.72. The van der Waals surface area contributed by atoms with Crippen molar-refractivity contribution < 1.29 is 4.79 Å². The number of halogens is 1. The molecular weight excluding hydrogens is 236 g/mol. The summed E-state index contributed by atoms with van der Waals surface area (Å²) < 4.78 is 0. The summed E-state index contributed by atoms with van der Waals surface area (Å²) in [7, 11) is 0. The van der Waals surface area contributed by atoms with E-state index in [2.05, 4.69) is 18.8 Å². The highest BCUT2D eigenvalue weighted by atomic mass is 35.5. The summed E-state index contributed by atoms with van der Waals surface area (Å²) in [5, 5.41) is 0.420. The Bertz CT molecular complexity index is 402. The van der Waals surface area contributed by atoms with Crippen molar-refractivity contribution in [1.29, 1.82) is 0 Å². The molecule has 1 aliphatic heterocycles. The summed E-state index contributed by atoms with van der Waals surface area (Å²) in [6, 6.07) is 3.76. The van der Waals surface area contributed by atoms with Crippen LogP contribution in [-0.4, -0.2) is 28.4 Å². The third-order valence-electron chi connectivity index (χ3n) is 3.30. The van der Waals surface area contributed by atoms with E-state index < -0.39 is 0 Å². The number of pyridine rings is 1. The molecule has 1 aliphatic rings. The van der Waals surface area contributed by atoms with Crippen LogP contribution in [0.5, 0.6) is 0 Å². The predicted molar refractivity (Wildman–Crippen MR) is 68.1 cm³/mol. The fourth-order valence-electron chi connectivity index (χ4n) is 2.41. The quantitative estimate of drug-likeness (QED) is 0.758. The molecule has 1 aromatic heterocycles. The summed E-state index contributed by atoms with van der Waals surface area (Å²) in [5.74, 6) is 0.576. The van der Waals surface area contributed by atoms with Gasteiger partial charge in [0.15, 0.2) is 0 Å². The SMILES string of the molecule is CC(C)C1CCCN1C(=O)c1ccc(Cl)nc1. The van der Waals surface area contributed by atoms with E-state index in [1.807, 2.05) is 4.90 Å². The minimum Gasteiger partial charge on any atom is -0.335 e. The molecular formula is C13H17ClN2O. The number of rotatable bonds is 2. The van der Waals surface area contributed by atoms with Gasteiger partial charge in [0.25, 0.3) is 5.91 Å². The minimum atomic E-state index is 0.0744. The molecule has 0 radical (unpaired) electrons. The molecule has 0 aromatic carbocycles. The van der Waals surface area contributed by atoms with Gasteiger partial charge in [0.1, 0.15) is 5.15 Å². The highest BCUT2D eigenvalue weighted by Crippen LogP contribution is 2.25. The first-order valence-corrected chi connectivity index (χ1v) is 6.40. The number of hydrogen-bond donors (Lipinski definition) is 0. The third-order valence-corrected chi connectivity index (χ3v) is 3.53. The van der Waals surface area contributed by atoms with E-state index >= 15 is 0 Å². The zero-order chi connectivity index (χ0) is 12.4. The van der Waals surface area contributed by atoms with Gasteiger partial charge in [-0.1, -0.05) is 25.4 Å². The maximum Gasteiger partial charge on any atom is 0.255 e. The van der Waals surface area contributed by atoms with Crippen LogP contribution >= 0.6 is 11.6 Å². The molecule has 1 atom stereocenters. The van der Waals surface area contributed by atoms with E-state index in [0.717, 1.165) is 19.4 Å². The van der Waals surface area contributed by atoms with Crippen LogP contribution in [0.1, 0.15) is 37.0 Å². The molecule has 0 bridgehead atoms. The van der Waals surface area contributed by atoms with Gasteiger partial charge in [-0.2, -0.15) is 0 Å². The summed E-state index contributed by atoms with van der Waals surface area (Å²) in [6.07, 6.45) is 3.75. The van der Waals surface area contributed by atoms with E-state index in [0.29, 0.717) is 22.7 Å². The molecule has 1 saturated heterocycles. The van der Waals surface area contributed by atoms with Gasteiger partial charge in [-0.25, -0.2) is 4.98 Å². The Kier molecular flexibility index (Phi) is 3.67. The van der Waals surface area contributed by atoms with Crippen molar-refractivity contribution >= 4 is 17.5 Å². The van der Waals surface area contributed by atoms with Crippen LogP contribution in [0.15, 0.2) is 18.3 Å². The second kappa shape index (κ2) is 5.05. The van der Waals surface area contributed by atoms with Gasteiger partial charge >= 0.3 is 0 Å². The maximum absolute atomic E-state index is 12.3. The van der Waals surface area contributed by atoms with Crippen LogP contribution in [0.3, 0.4) is 0 Å². The van der Waals surface area contributed by atoms with Gasteiger partial charge < -0.3 is 4.90 Å². The lowest BCUT2D eigenvalue weighted by Gasteiger charge is -2.27. The first-order valence-electron chi connectivity index (χ1n) is 6.02. The second-order valence-corrected chi connectivity index (χ2v) is 5.21. The van der Waals surface area contributed by atoms with E-state index in [1.165, 1.54) is 0 Å². The molecule has 2 rings (SSSR count). The Morgan fingerprint density at radius 3 is 2.88 bits per heavy atom. The van der Waals surface area contributed by atoms with Crippen LogP contribution in [0.2, 0.25) is 5.15 Å². The zero-order valence-electron chi connectivity index (χ0n) is 10.2. The Balaban J connectivity index is 2.17. The number of aromatic nitrogens is 1. The molecule has 0 N–H and O–H groups in total. The van der Waals surface area contributed by atoms with Gasteiger partial charge in [0, 0.05) is 18.8 Å². The van der Waals surface area contributed by atoms with E-state index in [4.69, 9.17) is 11.6 Å². The number of hydrogen-bond acceptors (Lipinski definition) is 2. The molecule has 1 fully saturated rings. The molecule has 0 aliphatic carbocycles. The molecule has 92 valence electrons. The average molecular weight is 253 g/mol. The number of amides is 1. The van der Waals surface area contributed by atoms with Gasteiger partial charge in [0.05, 0.1) is 5.56 Å². The highest BCUT2D eigenvalue weighted by molar-refractivity contribution is 6.29. The zero-order valence-corrected chi connectivity index (χ0v) is 10.9. The van der Waals surface area contributed by atoms with Gasteiger partial charge in [-0.3, -0.25) is 4.79 Å². The van der Waals surface area contributed by atoms with Crippen molar-refractivity contribution in [3.05, 3.63) is 29.0 Å². The Hall–Kier alpha value is -1.09. The maximum atomic E-state index is 12.3. The number of likely N-dealkylation sites (tertiary alicyclic amines) is 1. The van der Waals surface area contributed by atoms with Crippen molar-refractivity contribution in [2.24, 2.45) is 5.92 Å². The first-order chi connectivity index (χ1) is 8.09. The summed E-state index contributed by atoms with van der Waals surface area (Å²) in [6.45, 7) is 5.18. The van der Waals surface area contributed by atoms with Gasteiger partial charge in [-0.15, -0.1) is 0 Å². The van der Waals surface area contributed by atoms with Crippen molar-refractivity contribution in [1.82, 2.24) is 9.88 Å². The van der Waals surface area contributed by atoms with Gasteiger partial charge in [-0.05, 0) is 30.9 Å². The Morgan fingerprint density at radius 1 is 1.53 bits per heavy atom. The molecule has 0 spiro atoms. The lowest BCUT2D eigenvalue weighted by molar-refractivity contribution is 0.0701. The first kappa shape index (κ1) is 12.4. The average Bonchev–Trinajstić information content (AvgIpc) is 2.78. The fraction of sp³-hybridized carbons (Fsp3) is 0.538.